The SMILES string of the molecule is COC(=O)c1ccc(N2CCN(CC(=O)N3CCCC3c3ccc(OC)cc3OC)C(C)C2)cc1. The van der Waals surface area contributed by atoms with Gasteiger partial charge < -0.3 is 24.0 Å². The zero-order valence-electron chi connectivity index (χ0n) is 21.0. The van der Waals surface area contributed by atoms with Crippen LogP contribution in [-0.2, 0) is 9.53 Å². The molecule has 0 saturated carbocycles. The summed E-state index contributed by atoms with van der Waals surface area (Å²) < 4.78 is 15.7. The quantitative estimate of drug-likeness (QED) is 0.562. The van der Waals surface area contributed by atoms with Crippen molar-refractivity contribution in [3.8, 4) is 11.5 Å². The van der Waals surface area contributed by atoms with Gasteiger partial charge in [-0.1, -0.05) is 0 Å². The van der Waals surface area contributed by atoms with E-state index in [-0.39, 0.29) is 24.0 Å². The van der Waals surface area contributed by atoms with Crippen LogP contribution in [0, 0.1) is 0 Å². The van der Waals surface area contributed by atoms with E-state index < -0.39 is 0 Å². The molecule has 0 aliphatic carbocycles. The molecule has 4 rings (SSSR count). The average Bonchev–Trinajstić information content (AvgIpc) is 3.39. The number of anilines is 1. The van der Waals surface area contributed by atoms with Crippen LogP contribution in [0.3, 0.4) is 0 Å². The smallest absolute Gasteiger partial charge is 0.337 e. The topological polar surface area (TPSA) is 71.6 Å². The molecule has 0 radical (unpaired) electrons. The number of piperazine rings is 1. The lowest BCUT2D eigenvalue weighted by atomic mass is 10.0. The Morgan fingerprint density at radius 3 is 2.40 bits per heavy atom. The third kappa shape index (κ3) is 5.37. The fraction of sp³-hybridized carbons (Fsp3) is 0.481. The van der Waals surface area contributed by atoms with Gasteiger partial charge in [0, 0.05) is 49.5 Å². The highest BCUT2D eigenvalue weighted by molar-refractivity contribution is 5.89. The van der Waals surface area contributed by atoms with Crippen LogP contribution in [0.1, 0.15) is 41.7 Å². The van der Waals surface area contributed by atoms with E-state index in [0.717, 1.165) is 61.8 Å². The number of hydrogen-bond donors (Lipinski definition) is 0. The van der Waals surface area contributed by atoms with Crippen molar-refractivity contribution in [3.63, 3.8) is 0 Å². The van der Waals surface area contributed by atoms with Crippen molar-refractivity contribution >= 4 is 17.6 Å². The molecular formula is C27H35N3O5. The van der Waals surface area contributed by atoms with E-state index in [9.17, 15) is 9.59 Å². The van der Waals surface area contributed by atoms with Gasteiger partial charge in [0.15, 0.2) is 0 Å². The number of carbonyl (C=O) groups excluding carboxylic acids is 2. The molecule has 2 aliphatic rings. The highest BCUT2D eigenvalue weighted by atomic mass is 16.5. The van der Waals surface area contributed by atoms with E-state index in [1.54, 1.807) is 26.4 Å². The van der Waals surface area contributed by atoms with Crippen molar-refractivity contribution < 1.29 is 23.8 Å². The summed E-state index contributed by atoms with van der Waals surface area (Å²) in [6.45, 7) is 5.78. The number of hydrogen-bond acceptors (Lipinski definition) is 7. The van der Waals surface area contributed by atoms with Crippen LogP contribution in [-0.4, -0.2) is 81.8 Å². The van der Waals surface area contributed by atoms with Gasteiger partial charge in [-0.2, -0.15) is 0 Å². The fourth-order valence-corrected chi connectivity index (χ4v) is 5.14. The molecule has 1 amide bonds. The number of amides is 1. The van der Waals surface area contributed by atoms with Crippen molar-refractivity contribution in [3.05, 3.63) is 53.6 Å². The minimum absolute atomic E-state index is 0.0216. The molecule has 0 spiro atoms. The maximum Gasteiger partial charge on any atom is 0.337 e. The van der Waals surface area contributed by atoms with E-state index in [1.165, 1.54) is 7.11 Å². The molecule has 0 N–H and O–H groups in total. The lowest BCUT2D eigenvalue weighted by molar-refractivity contribution is -0.134. The average molecular weight is 482 g/mol. The zero-order valence-corrected chi connectivity index (χ0v) is 21.0. The Kier molecular flexibility index (Phi) is 7.80. The molecule has 2 aliphatic heterocycles. The molecule has 2 aromatic rings. The molecule has 0 aromatic heterocycles. The van der Waals surface area contributed by atoms with Gasteiger partial charge in [-0.25, -0.2) is 4.79 Å². The minimum Gasteiger partial charge on any atom is -0.497 e. The first-order valence-corrected chi connectivity index (χ1v) is 12.1. The second-order valence-corrected chi connectivity index (χ2v) is 9.16. The number of methoxy groups -OCH3 is 3. The van der Waals surface area contributed by atoms with Gasteiger partial charge >= 0.3 is 5.97 Å². The first-order valence-electron chi connectivity index (χ1n) is 12.1. The second-order valence-electron chi connectivity index (χ2n) is 9.16. The van der Waals surface area contributed by atoms with E-state index in [0.29, 0.717) is 12.1 Å². The van der Waals surface area contributed by atoms with Gasteiger partial charge in [0.2, 0.25) is 5.91 Å². The predicted molar refractivity (Wildman–Crippen MR) is 134 cm³/mol. The van der Waals surface area contributed by atoms with Gasteiger partial charge in [0.1, 0.15) is 11.5 Å². The molecule has 2 fully saturated rings. The summed E-state index contributed by atoms with van der Waals surface area (Å²) in [5, 5.41) is 0. The molecule has 2 atom stereocenters. The standard InChI is InChI=1S/C27H35N3O5/c1-19-17-29(21-9-7-20(8-10-21)27(32)35-4)15-14-28(19)18-26(31)30-13-5-6-24(30)23-12-11-22(33-2)16-25(23)34-3/h7-12,16,19,24H,5-6,13-15,17-18H2,1-4H3. The third-order valence-corrected chi connectivity index (χ3v) is 7.13. The van der Waals surface area contributed by atoms with Gasteiger partial charge in [-0.15, -0.1) is 0 Å². The van der Waals surface area contributed by atoms with Crippen molar-refractivity contribution in [2.75, 3.05) is 59.0 Å². The summed E-state index contributed by atoms with van der Waals surface area (Å²) in [7, 11) is 4.68. The van der Waals surface area contributed by atoms with Crippen molar-refractivity contribution in [2.24, 2.45) is 0 Å². The first kappa shape index (κ1) is 24.9. The van der Waals surface area contributed by atoms with Crippen LogP contribution in [0.5, 0.6) is 11.5 Å². The van der Waals surface area contributed by atoms with Crippen LogP contribution in [0.4, 0.5) is 5.69 Å². The van der Waals surface area contributed by atoms with Gasteiger partial charge in [-0.3, -0.25) is 9.69 Å². The van der Waals surface area contributed by atoms with Crippen LogP contribution in [0.2, 0.25) is 0 Å². The third-order valence-electron chi connectivity index (χ3n) is 7.13. The monoisotopic (exact) mass is 481 g/mol. The first-order chi connectivity index (χ1) is 16.9. The van der Waals surface area contributed by atoms with Crippen LogP contribution < -0.4 is 14.4 Å². The number of benzene rings is 2. The molecule has 8 heteroatoms. The van der Waals surface area contributed by atoms with E-state index in [4.69, 9.17) is 14.2 Å². The molecule has 2 unspecified atom stereocenters. The Hall–Kier alpha value is -3.26. The fourth-order valence-electron chi connectivity index (χ4n) is 5.14. The van der Waals surface area contributed by atoms with Crippen molar-refractivity contribution in [2.45, 2.75) is 31.8 Å². The highest BCUT2D eigenvalue weighted by Crippen LogP contribution is 2.38. The maximum atomic E-state index is 13.4. The Balaban J connectivity index is 1.38. The summed E-state index contributed by atoms with van der Waals surface area (Å²) in [5.74, 6) is 1.33. The molecule has 2 heterocycles. The summed E-state index contributed by atoms with van der Waals surface area (Å²) in [6.07, 6.45) is 1.91. The minimum atomic E-state index is -0.333. The van der Waals surface area contributed by atoms with Gasteiger partial charge in [0.05, 0.1) is 39.5 Å². The lowest BCUT2D eigenvalue weighted by Gasteiger charge is -2.41. The summed E-state index contributed by atoms with van der Waals surface area (Å²) in [5.41, 5.74) is 2.65. The molecule has 35 heavy (non-hydrogen) atoms. The Labute approximate surface area is 207 Å². The molecule has 0 bridgehead atoms. The van der Waals surface area contributed by atoms with Gasteiger partial charge in [-0.05, 0) is 56.2 Å². The molecule has 8 nitrogen and oxygen atoms in total. The normalized spacial score (nSPS) is 20.6. The predicted octanol–water partition coefficient (Wildman–Crippen LogP) is 3.36. The number of rotatable bonds is 7. The maximum absolute atomic E-state index is 13.4. The molecular weight excluding hydrogens is 446 g/mol. The largest absolute Gasteiger partial charge is 0.497 e. The highest BCUT2D eigenvalue weighted by Gasteiger charge is 2.34. The number of esters is 1. The van der Waals surface area contributed by atoms with Crippen molar-refractivity contribution in [1.82, 2.24) is 9.80 Å². The molecule has 2 saturated heterocycles. The van der Waals surface area contributed by atoms with Gasteiger partial charge in [0.25, 0.3) is 0 Å². The lowest BCUT2D eigenvalue weighted by Crippen LogP contribution is -2.54. The number of carbonyl (C=O) groups is 2. The number of likely N-dealkylation sites (tertiary alicyclic amines) is 1. The van der Waals surface area contributed by atoms with E-state index >= 15 is 0 Å². The zero-order chi connectivity index (χ0) is 24.9. The van der Waals surface area contributed by atoms with Crippen LogP contribution in [0.15, 0.2) is 42.5 Å². The van der Waals surface area contributed by atoms with Crippen molar-refractivity contribution in [1.29, 1.82) is 0 Å². The number of nitrogens with zero attached hydrogens (tertiary/aromatic N) is 3. The van der Waals surface area contributed by atoms with Crippen LogP contribution in [0.25, 0.3) is 0 Å². The summed E-state index contributed by atoms with van der Waals surface area (Å²) >= 11 is 0. The van der Waals surface area contributed by atoms with E-state index in [2.05, 4.69) is 16.7 Å². The Morgan fingerprint density at radius 2 is 1.74 bits per heavy atom. The molecule has 188 valence electrons. The Bertz CT molecular complexity index is 1040. The van der Waals surface area contributed by atoms with E-state index in [1.807, 2.05) is 35.2 Å². The molecule has 2 aromatic carbocycles. The Morgan fingerprint density at radius 1 is 0.971 bits per heavy atom. The number of ether oxygens (including phenoxy) is 3. The summed E-state index contributed by atoms with van der Waals surface area (Å²) in [6, 6.07) is 13.6. The second kappa shape index (κ2) is 11.0. The van der Waals surface area contributed by atoms with Crippen LogP contribution >= 0.6 is 0 Å². The summed E-state index contributed by atoms with van der Waals surface area (Å²) in [4.78, 5) is 31.7.